The number of hydrogen-bond donors (Lipinski definition) is 1. The molecule has 0 saturated carbocycles. The van der Waals surface area contributed by atoms with E-state index in [1.165, 1.54) is 11.2 Å². The number of imidazole rings is 1. The number of pyridine rings is 1. The first-order valence-corrected chi connectivity index (χ1v) is 6.12. The highest BCUT2D eigenvalue weighted by Crippen LogP contribution is 2.26. The molecule has 4 rings (SSSR count). The molecule has 1 aliphatic heterocycles. The Morgan fingerprint density at radius 3 is 2.89 bits per heavy atom. The number of furan rings is 1. The van der Waals surface area contributed by atoms with Crippen molar-refractivity contribution in [2.24, 2.45) is 0 Å². The molecule has 4 heteroatoms. The van der Waals surface area contributed by atoms with Crippen LogP contribution in [0.4, 0.5) is 0 Å². The van der Waals surface area contributed by atoms with Crippen molar-refractivity contribution in [3.05, 3.63) is 48.9 Å². The fraction of sp³-hybridized carbons (Fsp3) is 0.214. The maximum atomic E-state index is 5.12. The second-order valence-electron chi connectivity index (χ2n) is 4.71. The van der Waals surface area contributed by atoms with Crippen molar-refractivity contribution in [3.8, 4) is 11.1 Å². The third-order valence-electron chi connectivity index (χ3n) is 3.58. The molecule has 18 heavy (non-hydrogen) atoms. The second-order valence-corrected chi connectivity index (χ2v) is 4.71. The number of aromatic nitrogens is 2. The average molecular weight is 239 g/mol. The summed E-state index contributed by atoms with van der Waals surface area (Å²) in [6, 6.07) is 6.23. The lowest BCUT2D eigenvalue weighted by molar-refractivity contribution is 0.443. The molecule has 0 unspecified atom stereocenters. The van der Waals surface area contributed by atoms with E-state index >= 15 is 0 Å². The van der Waals surface area contributed by atoms with Gasteiger partial charge in [-0.3, -0.25) is 0 Å². The van der Waals surface area contributed by atoms with Crippen molar-refractivity contribution < 1.29 is 4.42 Å². The van der Waals surface area contributed by atoms with Gasteiger partial charge in [-0.2, -0.15) is 0 Å². The number of fused-ring (bicyclic) bond motifs is 1. The fourth-order valence-electron chi connectivity index (χ4n) is 2.42. The highest BCUT2D eigenvalue weighted by molar-refractivity contribution is 5.66. The Kier molecular flexibility index (Phi) is 2.04. The summed E-state index contributed by atoms with van der Waals surface area (Å²) < 4.78 is 7.21. The second kappa shape index (κ2) is 3.71. The van der Waals surface area contributed by atoms with Gasteiger partial charge in [0.25, 0.3) is 0 Å². The van der Waals surface area contributed by atoms with Gasteiger partial charge in [-0.15, -0.1) is 0 Å². The summed E-state index contributed by atoms with van der Waals surface area (Å²) in [6.07, 6.45) is 7.45. The van der Waals surface area contributed by atoms with Gasteiger partial charge < -0.3 is 14.1 Å². The van der Waals surface area contributed by atoms with E-state index in [2.05, 4.69) is 33.0 Å². The SMILES string of the molecule is c1cc(-c2ccc3c(C4CNC4)ncn3c2)co1. The summed E-state index contributed by atoms with van der Waals surface area (Å²) in [5.41, 5.74) is 4.64. The van der Waals surface area contributed by atoms with E-state index in [0.717, 1.165) is 24.2 Å². The predicted molar refractivity (Wildman–Crippen MR) is 68.5 cm³/mol. The summed E-state index contributed by atoms with van der Waals surface area (Å²) in [5.74, 6) is 0.565. The van der Waals surface area contributed by atoms with Crippen molar-refractivity contribution in [2.75, 3.05) is 13.1 Å². The molecule has 3 aromatic heterocycles. The van der Waals surface area contributed by atoms with E-state index in [-0.39, 0.29) is 0 Å². The molecular formula is C14H13N3O. The monoisotopic (exact) mass is 239 g/mol. The largest absolute Gasteiger partial charge is 0.472 e. The molecule has 0 aliphatic carbocycles. The van der Waals surface area contributed by atoms with Crippen LogP contribution < -0.4 is 5.32 Å². The van der Waals surface area contributed by atoms with E-state index in [0.29, 0.717) is 5.92 Å². The van der Waals surface area contributed by atoms with Crippen LogP contribution >= 0.6 is 0 Å². The average Bonchev–Trinajstić information content (AvgIpc) is 2.95. The first-order chi connectivity index (χ1) is 8.92. The van der Waals surface area contributed by atoms with Gasteiger partial charge in [-0.25, -0.2) is 4.98 Å². The van der Waals surface area contributed by atoms with Gasteiger partial charge in [-0.05, 0) is 12.1 Å². The summed E-state index contributed by atoms with van der Waals surface area (Å²) in [6.45, 7) is 2.08. The van der Waals surface area contributed by atoms with Crippen LogP contribution in [0.1, 0.15) is 11.6 Å². The maximum Gasteiger partial charge on any atom is 0.0995 e. The lowest BCUT2D eigenvalue weighted by atomic mass is 9.98. The Bertz CT molecular complexity index is 680. The van der Waals surface area contributed by atoms with Gasteiger partial charge in [0, 0.05) is 36.3 Å². The van der Waals surface area contributed by atoms with Crippen LogP contribution in [-0.4, -0.2) is 22.5 Å². The van der Waals surface area contributed by atoms with Crippen molar-refractivity contribution in [3.63, 3.8) is 0 Å². The number of hydrogen-bond acceptors (Lipinski definition) is 3. The zero-order valence-corrected chi connectivity index (χ0v) is 9.84. The van der Waals surface area contributed by atoms with Crippen LogP contribution in [0.5, 0.6) is 0 Å². The highest BCUT2D eigenvalue weighted by Gasteiger charge is 2.23. The molecule has 1 aliphatic rings. The van der Waals surface area contributed by atoms with Gasteiger partial charge in [0.15, 0.2) is 0 Å². The quantitative estimate of drug-likeness (QED) is 0.746. The van der Waals surface area contributed by atoms with E-state index in [9.17, 15) is 0 Å². The van der Waals surface area contributed by atoms with Crippen molar-refractivity contribution in [2.45, 2.75) is 5.92 Å². The number of rotatable bonds is 2. The molecule has 0 spiro atoms. The lowest BCUT2D eigenvalue weighted by Crippen LogP contribution is -2.40. The van der Waals surface area contributed by atoms with Crippen LogP contribution in [0.15, 0.2) is 47.7 Å². The van der Waals surface area contributed by atoms with Gasteiger partial charge >= 0.3 is 0 Å². The van der Waals surface area contributed by atoms with Crippen molar-refractivity contribution in [1.29, 1.82) is 0 Å². The lowest BCUT2D eigenvalue weighted by Gasteiger charge is -2.25. The van der Waals surface area contributed by atoms with E-state index in [1.807, 2.05) is 12.4 Å². The molecule has 1 saturated heterocycles. The highest BCUT2D eigenvalue weighted by atomic mass is 16.3. The zero-order valence-electron chi connectivity index (χ0n) is 9.84. The Morgan fingerprint density at radius 2 is 2.17 bits per heavy atom. The molecule has 1 fully saturated rings. The molecular weight excluding hydrogens is 226 g/mol. The smallest absolute Gasteiger partial charge is 0.0995 e. The maximum absolute atomic E-state index is 5.12. The first-order valence-electron chi connectivity index (χ1n) is 6.12. The minimum Gasteiger partial charge on any atom is -0.472 e. The molecule has 3 aromatic rings. The number of nitrogens with one attached hydrogen (secondary N) is 1. The van der Waals surface area contributed by atoms with Crippen LogP contribution in [0.3, 0.4) is 0 Å². The minimum absolute atomic E-state index is 0.565. The Hall–Kier alpha value is -2.07. The Labute approximate surface area is 104 Å². The molecule has 0 aromatic carbocycles. The summed E-state index contributed by atoms with van der Waals surface area (Å²) in [4.78, 5) is 4.54. The van der Waals surface area contributed by atoms with Crippen LogP contribution in [0.2, 0.25) is 0 Å². The van der Waals surface area contributed by atoms with E-state index in [1.54, 1.807) is 12.5 Å². The normalized spacial score (nSPS) is 16.0. The molecule has 0 radical (unpaired) electrons. The summed E-state index contributed by atoms with van der Waals surface area (Å²) >= 11 is 0. The summed E-state index contributed by atoms with van der Waals surface area (Å²) in [7, 11) is 0. The van der Waals surface area contributed by atoms with Crippen molar-refractivity contribution >= 4 is 5.52 Å². The molecule has 1 N–H and O–H groups in total. The predicted octanol–water partition coefficient (Wildman–Crippen LogP) is 2.28. The first kappa shape index (κ1) is 9.91. The van der Waals surface area contributed by atoms with Gasteiger partial charge in [0.2, 0.25) is 0 Å². The molecule has 4 heterocycles. The molecule has 4 nitrogen and oxygen atoms in total. The Balaban J connectivity index is 1.82. The molecule has 0 atom stereocenters. The van der Waals surface area contributed by atoms with Crippen LogP contribution in [0, 0.1) is 0 Å². The molecule has 0 amide bonds. The minimum atomic E-state index is 0.565. The van der Waals surface area contributed by atoms with Gasteiger partial charge in [-0.1, -0.05) is 6.07 Å². The van der Waals surface area contributed by atoms with Gasteiger partial charge in [0.1, 0.15) is 0 Å². The summed E-state index contributed by atoms with van der Waals surface area (Å²) in [5, 5.41) is 3.29. The Morgan fingerprint density at radius 1 is 1.22 bits per heavy atom. The van der Waals surface area contributed by atoms with Crippen LogP contribution in [0.25, 0.3) is 16.6 Å². The fourth-order valence-corrected chi connectivity index (χ4v) is 2.42. The van der Waals surface area contributed by atoms with Crippen LogP contribution in [-0.2, 0) is 0 Å². The van der Waals surface area contributed by atoms with E-state index < -0.39 is 0 Å². The third kappa shape index (κ3) is 1.39. The molecule has 0 bridgehead atoms. The molecule has 90 valence electrons. The topological polar surface area (TPSA) is 42.5 Å². The van der Waals surface area contributed by atoms with E-state index in [4.69, 9.17) is 4.42 Å². The number of nitrogens with zero attached hydrogens (tertiary/aromatic N) is 2. The van der Waals surface area contributed by atoms with Gasteiger partial charge in [0.05, 0.1) is 30.1 Å². The zero-order chi connectivity index (χ0) is 11.9. The van der Waals surface area contributed by atoms with Crippen molar-refractivity contribution in [1.82, 2.24) is 14.7 Å². The third-order valence-corrected chi connectivity index (χ3v) is 3.58. The standard InChI is InChI=1S/C14H13N3O/c1-2-13-14(12-5-15-6-12)16-9-17(13)7-10(1)11-3-4-18-8-11/h1-4,7-9,12,15H,5-6H2.